The first-order valence-corrected chi connectivity index (χ1v) is 16.7. The van der Waals surface area contributed by atoms with Crippen LogP contribution in [0.15, 0.2) is 54.6 Å². The number of carbonyl (C=O) groups excluding carboxylic acids is 2. The number of carboxylic acid groups (broad SMARTS) is 1. The van der Waals surface area contributed by atoms with Gasteiger partial charge in [0.2, 0.25) is 5.91 Å². The van der Waals surface area contributed by atoms with Crippen molar-refractivity contribution in [2.45, 2.75) is 50.9 Å². The zero-order chi connectivity index (χ0) is 34.7. The van der Waals surface area contributed by atoms with E-state index in [1.54, 1.807) is 53.2 Å². The molecule has 0 saturated carbocycles. The molecule has 1 fully saturated rings. The Kier molecular flexibility index (Phi) is 10.5. The van der Waals surface area contributed by atoms with Crippen molar-refractivity contribution in [2.75, 3.05) is 25.5 Å². The van der Waals surface area contributed by atoms with Crippen LogP contribution in [0.5, 0.6) is 5.75 Å². The first kappa shape index (κ1) is 34.4. The standard InChI is InChI=1S/C35H35Cl2FN6O5/c1-49-30-14-19(13-25(38)24(30)17-39-16-20-10-11-31(45)41-20)21-5-2-6-22(33(21)36)23-7-3-8-27(34(23)37)42-35(48)28-15-29-26(40-18-32(46)47)9-4-12-44(29)43-28/h2-3,5-8,13-15,20,26,39-40H,4,9-12,16-18H2,1H3,(H,41,45)(H,42,48)(H,46,47)/t20-,26?/m0/s1. The van der Waals surface area contributed by atoms with Crippen LogP contribution in [-0.4, -0.2) is 58.9 Å². The van der Waals surface area contributed by atoms with Crippen LogP contribution < -0.4 is 26.0 Å². The third-order valence-electron chi connectivity index (χ3n) is 8.76. The molecule has 6 rings (SSSR count). The molecule has 3 heterocycles. The molecule has 3 aromatic carbocycles. The second-order valence-corrected chi connectivity index (χ2v) is 12.8. The molecule has 5 N–H and O–H groups in total. The van der Waals surface area contributed by atoms with Crippen LogP contribution in [-0.2, 0) is 22.7 Å². The third-order valence-corrected chi connectivity index (χ3v) is 9.58. The van der Waals surface area contributed by atoms with E-state index in [1.807, 2.05) is 0 Å². The first-order chi connectivity index (χ1) is 23.6. The van der Waals surface area contributed by atoms with E-state index in [4.69, 9.17) is 33.0 Å². The van der Waals surface area contributed by atoms with Gasteiger partial charge in [0.05, 0.1) is 35.1 Å². The minimum atomic E-state index is -0.962. The van der Waals surface area contributed by atoms with Crippen LogP contribution in [0.3, 0.4) is 0 Å². The molecular formula is C35H35Cl2FN6O5. The summed E-state index contributed by atoms with van der Waals surface area (Å²) in [4.78, 5) is 35.9. The minimum Gasteiger partial charge on any atom is -0.496 e. The summed E-state index contributed by atoms with van der Waals surface area (Å²) in [5.41, 5.74) is 3.84. The van der Waals surface area contributed by atoms with Gasteiger partial charge in [0.25, 0.3) is 5.91 Å². The van der Waals surface area contributed by atoms with Crippen LogP contribution in [0.1, 0.15) is 53.5 Å². The van der Waals surface area contributed by atoms with Gasteiger partial charge in [0.15, 0.2) is 5.69 Å². The third kappa shape index (κ3) is 7.57. The number of hydrogen-bond acceptors (Lipinski definition) is 7. The van der Waals surface area contributed by atoms with E-state index in [0.717, 1.165) is 25.0 Å². The van der Waals surface area contributed by atoms with Crippen molar-refractivity contribution in [3.05, 3.63) is 87.4 Å². The topological polar surface area (TPSA) is 147 Å². The zero-order valence-electron chi connectivity index (χ0n) is 26.6. The predicted octanol–water partition coefficient (Wildman–Crippen LogP) is 5.80. The molecule has 1 aromatic heterocycles. The molecule has 0 spiro atoms. The second-order valence-electron chi connectivity index (χ2n) is 12.0. The number of nitrogens with zero attached hydrogens (tertiary/aromatic N) is 2. The van der Waals surface area contributed by atoms with Crippen LogP contribution in [0.4, 0.5) is 10.1 Å². The van der Waals surface area contributed by atoms with Gasteiger partial charge in [0.1, 0.15) is 11.6 Å². The number of carbonyl (C=O) groups is 3. The summed E-state index contributed by atoms with van der Waals surface area (Å²) in [5.74, 6) is -1.52. The van der Waals surface area contributed by atoms with Crippen LogP contribution in [0.25, 0.3) is 22.3 Å². The quantitative estimate of drug-likeness (QED) is 0.124. The van der Waals surface area contributed by atoms with Gasteiger partial charge in [-0.1, -0.05) is 53.5 Å². The van der Waals surface area contributed by atoms with Crippen LogP contribution in [0, 0.1) is 5.82 Å². The summed E-state index contributed by atoms with van der Waals surface area (Å²) < 4.78 is 22.8. The maximum atomic E-state index is 15.5. The highest BCUT2D eigenvalue weighted by molar-refractivity contribution is 6.39. The van der Waals surface area contributed by atoms with Crippen molar-refractivity contribution in [3.63, 3.8) is 0 Å². The molecule has 2 aliphatic heterocycles. The number of aromatic nitrogens is 2. The average Bonchev–Trinajstić information content (AvgIpc) is 3.72. The molecule has 1 unspecified atom stereocenters. The van der Waals surface area contributed by atoms with Crippen LogP contribution in [0.2, 0.25) is 10.0 Å². The molecular weight excluding hydrogens is 674 g/mol. The Bertz CT molecular complexity index is 1920. The van der Waals surface area contributed by atoms with E-state index in [-0.39, 0.29) is 41.8 Å². The molecule has 2 amide bonds. The summed E-state index contributed by atoms with van der Waals surface area (Å²) in [5, 5.41) is 26.0. The lowest BCUT2D eigenvalue weighted by Crippen LogP contribution is -2.35. The van der Waals surface area contributed by atoms with Gasteiger partial charge in [-0.3, -0.25) is 24.4 Å². The monoisotopic (exact) mass is 708 g/mol. The summed E-state index contributed by atoms with van der Waals surface area (Å²) in [7, 11) is 1.48. The second kappa shape index (κ2) is 15.0. The van der Waals surface area contributed by atoms with Gasteiger partial charge in [-0.2, -0.15) is 5.10 Å². The van der Waals surface area contributed by atoms with Crippen molar-refractivity contribution in [1.82, 2.24) is 25.7 Å². The van der Waals surface area contributed by atoms with E-state index in [2.05, 4.69) is 26.4 Å². The Balaban J connectivity index is 1.21. The number of nitrogens with one attached hydrogen (secondary N) is 4. The maximum Gasteiger partial charge on any atom is 0.317 e. The van der Waals surface area contributed by atoms with Gasteiger partial charge < -0.3 is 25.8 Å². The Morgan fingerprint density at radius 3 is 2.57 bits per heavy atom. The first-order valence-electron chi connectivity index (χ1n) is 15.9. The fraction of sp³-hybridized carbons (Fsp3) is 0.314. The number of amides is 2. The van der Waals surface area contributed by atoms with Gasteiger partial charge in [-0.05, 0) is 49.1 Å². The Morgan fingerprint density at radius 2 is 1.84 bits per heavy atom. The Morgan fingerprint density at radius 1 is 1.08 bits per heavy atom. The highest BCUT2D eigenvalue weighted by Crippen LogP contribution is 2.42. The van der Waals surface area contributed by atoms with Gasteiger partial charge in [0, 0.05) is 60.4 Å². The average molecular weight is 710 g/mol. The van der Waals surface area contributed by atoms with E-state index in [9.17, 15) is 14.4 Å². The Hall–Kier alpha value is -4.49. The van der Waals surface area contributed by atoms with E-state index in [1.165, 1.54) is 13.2 Å². The number of aliphatic carboxylic acids is 1. The molecule has 14 heteroatoms. The molecule has 256 valence electrons. The number of aryl methyl sites for hydroxylation is 1. The zero-order valence-corrected chi connectivity index (χ0v) is 28.1. The summed E-state index contributed by atoms with van der Waals surface area (Å²) >= 11 is 13.8. The molecule has 49 heavy (non-hydrogen) atoms. The summed E-state index contributed by atoms with van der Waals surface area (Å²) in [6, 6.07) is 15.1. The maximum absolute atomic E-state index is 15.5. The van der Waals surface area contributed by atoms with E-state index >= 15 is 4.39 Å². The van der Waals surface area contributed by atoms with Gasteiger partial charge in [-0.25, -0.2) is 4.39 Å². The highest BCUT2D eigenvalue weighted by atomic mass is 35.5. The van der Waals surface area contributed by atoms with Crippen LogP contribution >= 0.6 is 23.2 Å². The molecule has 1 saturated heterocycles. The number of hydrogen-bond donors (Lipinski definition) is 5. The fourth-order valence-corrected chi connectivity index (χ4v) is 6.93. The van der Waals surface area contributed by atoms with Crippen molar-refractivity contribution in [2.24, 2.45) is 0 Å². The van der Waals surface area contributed by atoms with Crippen molar-refractivity contribution < 1.29 is 28.6 Å². The number of methoxy groups -OCH3 is 1. The summed E-state index contributed by atoms with van der Waals surface area (Å²) in [6.07, 6.45) is 2.76. The van der Waals surface area contributed by atoms with E-state index in [0.29, 0.717) is 63.8 Å². The SMILES string of the molecule is COc1cc(-c2cccc(-c3cccc(NC(=O)c4cc5n(n4)CCCC5NCC(=O)O)c3Cl)c2Cl)cc(F)c1CNC[C@@H]1CCC(=O)N1. The van der Waals surface area contributed by atoms with Crippen molar-refractivity contribution in [3.8, 4) is 28.0 Å². The van der Waals surface area contributed by atoms with Crippen molar-refractivity contribution >= 4 is 46.7 Å². The summed E-state index contributed by atoms with van der Waals surface area (Å²) in [6.45, 7) is 1.15. The smallest absolute Gasteiger partial charge is 0.317 e. The number of ether oxygens (including phenoxy) is 1. The Labute approximate surface area is 292 Å². The number of anilines is 1. The van der Waals surface area contributed by atoms with Gasteiger partial charge in [-0.15, -0.1) is 0 Å². The number of rotatable bonds is 12. The van der Waals surface area contributed by atoms with E-state index < -0.39 is 17.7 Å². The number of halogens is 3. The molecule has 0 aliphatic carbocycles. The molecule has 11 nitrogen and oxygen atoms in total. The number of carboxylic acids is 1. The predicted molar refractivity (Wildman–Crippen MR) is 185 cm³/mol. The molecule has 2 atom stereocenters. The lowest BCUT2D eigenvalue weighted by atomic mass is 9.97. The van der Waals surface area contributed by atoms with Gasteiger partial charge >= 0.3 is 5.97 Å². The molecule has 0 bridgehead atoms. The minimum absolute atomic E-state index is 0.0132. The lowest BCUT2D eigenvalue weighted by molar-refractivity contribution is -0.136. The molecule has 4 aromatic rings. The number of benzene rings is 3. The van der Waals surface area contributed by atoms with Crippen molar-refractivity contribution in [1.29, 1.82) is 0 Å². The fourth-order valence-electron chi connectivity index (χ4n) is 6.32. The molecule has 0 radical (unpaired) electrons. The largest absolute Gasteiger partial charge is 0.496 e. The normalized spacial score (nSPS) is 17.0. The molecule has 2 aliphatic rings. The number of fused-ring (bicyclic) bond motifs is 1. The highest BCUT2D eigenvalue weighted by Gasteiger charge is 2.26. The lowest BCUT2D eigenvalue weighted by Gasteiger charge is -2.23.